The van der Waals surface area contributed by atoms with Gasteiger partial charge >= 0.3 is 6.03 Å². The molecule has 0 aromatic carbocycles. The summed E-state index contributed by atoms with van der Waals surface area (Å²) in [4.78, 5) is 15.9. The van der Waals surface area contributed by atoms with Crippen molar-refractivity contribution in [1.82, 2.24) is 14.5 Å². The van der Waals surface area contributed by atoms with Crippen LogP contribution in [0.2, 0.25) is 0 Å². The van der Waals surface area contributed by atoms with Gasteiger partial charge in [0, 0.05) is 26.7 Å². The molecule has 2 aliphatic rings. The first kappa shape index (κ1) is 22.4. The summed E-state index contributed by atoms with van der Waals surface area (Å²) in [6.07, 6.45) is 7.32. The maximum Gasteiger partial charge on any atom is 0.319 e. The van der Waals surface area contributed by atoms with Gasteiger partial charge in [-0.1, -0.05) is 13.8 Å². The van der Waals surface area contributed by atoms with Crippen LogP contribution >= 0.6 is 0 Å². The second kappa shape index (κ2) is 9.56. The SMILES string of the molecule is CC(C)[C@H]1CC[C@@H](OC[C@H]2[C@@H](NS(C)(=O)=O)CCCN2C(=O)N(C)C)CC1. The molecule has 0 spiro atoms. The van der Waals surface area contributed by atoms with E-state index in [1.165, 1.54) is 19.1 Å². The Morgan fingerprint density at radius 2 is 1.81 bits per heavy atom. The van der Waals surface area contributed by atoms with Crippen molar-refractivity contribution >= 4 is 16.1 Å². The number of carbonyl (C=O) groups is 1. The van der Waals surface area contributed by atoms with Gasteiger partial charge in [-0.2, -0.15) is 0 Å². The molecule has 1 saturated carbocycles. The molecule has 2 amide bonds. The zero-order valence-corrected chi connectivity index (χ0v) is 18.3. The number of carbonyl (C=O) groups excluding carboxylic acids is 1. The third-order valence-corrected chi connectivity index (χ3v) is 6.67. The molecule has 7 nitrogen and oxygen atoms in total. The third-order valence-electron chi connectivity index (χ3n) is 5.94. The van der Waals surface area contributed by atoms with Crippen molar-refractivity contribution in [2.24, 2.45) is 11.8 Å². The second-order valence-corrected chi connectivity index (χ2v) is 10.5. The molecule has 0 aromatic heterocycles. The van der Waals surface area contributed by atoms with Crippen LogP contribution < -0.4 is 4.72 Å². The fourth-order valence-corrected chi connectivity index (χ4v) is 5.15. The summed E-state index contributed by atoms with van der Waals surface area (Å²) in [6, 6.07) is -0.664. The number of amides is 2. The van der Waals surface area contributed by atoms with E-state index < -0.39 is 10.0 Å². The van der Waals surface area contributed by atoms with Crippen molar-refractivity contribution < 1.29 is 17.9 Å². The molecule has 0 bridgehead atoms. The molecule has 8 heteroatoms. The largest absolute Gasteiger partial charge is 0.376 e. The van der Waals surface area contributed by atoms with Crippen LogP contribution in [0.4, 0.5) is 4.79 Å². The van der Waals surface area contributed by atoms with Crippen LogP contribution in [0.25, 0.3) is 0 Å². The van der Waals surface area contributed by atoms with Crippen molar-refractivity contribution in [3.63, 3.8) is 0 Å². The number of piperidine rings is 1. The van der Waals surface area contributed by atoms with Gasteiger partial charge in [0.25, 0.3) is 0 Å². The number of sulfonamides is 1. The molecule has 1 aliphatic carbocycles. The molecular weight excluding hydrogens is 366 g/mol. The molecule has 0 aromatic rings. The molecule has 1 N–H and O–H groups in total. The molecule has 1 saturated heterocycles. The lowest BCUT2D eigenvalue weighted by atomic mass is 9.80. The van der Waals surface area contributed by atoms with Crippen molar-refractivity contribution in [2.75, 3.05) is 33.5 Å². The van der Waals surface area contributed by atoms with Crippen LogP contribution in [0.3, 0.4) is 0 Å². The lowest BCUT2D eigenvalue weighted by Crippen LogP contribution is -2.60. The quantitative estimate of drug-likeness (QED) is 0.738. The standard InChI is InChI=1S/C19H37N3O4S/c1-14(2)15-8-10-16(11-9-15)26-13-18-17(20-27(5,24)25)7-6-12-22(18)19(23)21(3)4/h14-18,20H,6-13H2,1-5H3/t15-,16+,17-,18-/m0/s1. The van der Waals surface area contributed by atoms with E-state index in [0.29, 0.717) is 19.1 Å². The zero-order chi connectivity index (χ0) is 20.2. The van der Waals surface area contributed by atoms with Crippen molar-refractivity contribution in [2.45, 2.75) is 70.6 Å². The van der Waals surface area contributed by atoms with Crippen LogP contribution in [0.15, 0.2) is 0 Å². The van der Waals surface area contributed by atoms with Crippen LogP contribution in [-0.2, 0) is 14.8 Å². The van der Waals surface area contributed by atoms with E-state index in [0.717, 1.165) is 31.6 Å². The van der Waals surface area contributed by atoms with E-state index in [4.69, 9.17) is 4.74 Å². The predicted octanol–water partition coefficient (Wildman–Crippen LogP) is 2.28. The molecule has 2 atom stereocenters. The Balaban J connectivity index is 2.02. The van der Waals surface area contributed by atoms with E-state index in [2.05, 4.69) is 18.6 Å². The van der Waals surface area contributed by atoms with Crippen molar-refractivity contribution in [1.29, 1.82) is 0 Å². The first-order chi connectivity index (χ1) is 12.6. The number of nitrogens with one attached hydrogen (secondary N) is 1. The highest BCUT2D eigenvalue weighted by Crippen LogP contribution is 2.31. The van der Waals surface area contributed by atoms with Gasteiger partial charge in [-0.15, -0.1) is 0 Å². The summed E-state index contributed by atoms with van der Waals surface area (Å²) < 4.78 is 32.5. The minimum absolute atomic E-state index is 0.0906. The maximum atomic E-state index is 12.6. The number of likely N-dealkylation sites (tertiary alicyclic amines) is 1. The Hall–Kier alpha value is -0.860. The Morgan fingerprint density at radius 1 is 1.19 bits per heavy atom. The van der Waals surface area contributed by atoms with Crippen LogP contribution in [0.1, 0.15) is 52.4 Å². The van der Waals surface area contributed by atoms with Gasteiger partial charge in [0.15, 0.2) is 0 Å². The number of ether oxygens (including phenoxy) is 1. The van der Waals surface area contributed by atoms with Gasteiger partial charge in [0.2, 0.25) is 10.0 Å². The number of hydrogen-bond donors (Lipinski definition) is 1. The summed E-state index contributed by atoms with van der Waals surface area (Å²) in [6.45, 7) is 5.57. The molecule has 0 radical (unpaired) electrons. The lowest BCUT2D eigenvalue weighted by molar-refractivity contribution is -0.0260. The van der Waals surface area contributed by atoms with Crippen molar-refractivity contribution in [3.05, 3.63) is 0 Å². The van der Waals surface area contributed by atoms with Crippen molar-refractivity contribution in [3.8, 4) is 0 Å². The predicted molar refractivity (Wildman–Crippen MR) is 107 cm³/mol. The van der Waals surface area contributed by atoms with Gasteiger partial charge in [-0.05, 0) is 50.4 Å². The molecular formula is C19H37N3O4S. The molecule has 2 fully saturated rings. The second-order valence-electron chi connectivity index (χ2n) is 8.69. The molecule has 1 heterocycles. The first-order valence-electron chi connectivity index (χ1n) is 10.1. The van der Waals surface area contributed by atoms with Crippen LogP contribution in [0.5, 0.6) is 0 Å². The third kappa shape index (κ3) is 6.61. The zero-order valence-electron chi connectivity index (χ0n) is 17.5. The summed E-state index contributed by atoms with van der Waals surface area (Å²) in [5.74, 6) is 1.48. The van der Waals surface area contributed by atoms with E-state index in [9.17, 15) is 13.2 Å². The molecule has 0 unspecified atom stereocenters. The normalized spacial score (nSPS) is 29.8. The van der Waals surface area contributed by atoms with Gasteiger partial charge < -0.3 is 14.5 Å². The number of urea groups is 1. The van der Waals surface area contributed by atoms with Gasteiger partial charge in [0.05, 0.1) is 25.0 Å². The monoisotopic (exact) mass is 403 g/mol. The Morgan fingerprint density at radius 3 is 2.33 bits per heavy atom. The molecule has 27 heavy (non-hydrogen) atoms. The fourth-order valence-electron chi connectivity index (χ4n) is 4.33. The first-order valence-corrected chi connectivity index (χ1v) is 12.0. The number of hydrogen-bond acceptors (Lipinski definition) is 4. The lowest BCUT2D eigenvalue weighted by Gasteiger charge is -2.43. The minimum atomic E-state index is -3.34. The Labute approximate surface area is 164 Å². The highest BCUT2D eigenvalue weighted by molar-refractivity contribution is 7.88. The van der Waals surface area contributed by atoms with E-state index in [1.807, 2.05) is 0 Å². The Kier molecular flexibility index (Phi) is 7.94. The van der Waals surface area contributed by atoms with E-state index in [1.54, 1.807) is 23.9 Å². The molecule has 1 aliphatic heterocycles. The number of rotatable bonds is 6. The summed E-state index contributed by atoms with van der Waals surface area (Å²) in [7, 11) is 0.103. The molecule has 158 valence electrons. The fraction of sp³-hybridized carbons (Fsp3) is 0.947. The smallest absolute Gasteiger partial charge is 0.319 e. The maximum absolute atomic E-state index is 12.6. The Bertz CT molecular complexity index is 586. The van der Waals surface area contributed by atoms with Gasteiger partial charge in [0.1, 0.15) is 0 Å². The summed E-state index contributed by atoms with van der Waals surface area (Å²) >= 11 is 0. The number of nitrogens with zero attached hydrogens (tertiary/aromatic N) is 2. The van der Waals surface area contributed by atoms with Crippen LogP contribution in [-0.4, -0.2) is 75.9 Å². The minimum Gasteiger partial charge on any atom is -0.376 e. The van der Waals surface area contributed by atoms with E-state index in [-0.39, 0.29) is 24.2 Å². The van der Waals surface area contributed by atoms with Gasteiger partial charge in [-0.25, -0.2) is 17.9 Å². The average Bonchev–Trinajstić information content (AvgIpc) is 2.58. The topological polar surface area (TPSA) is 79.0 Å². The van der Waals surface area contributed by atoms with Gasteiger partial charge in [-0.3, -0.25) is 0 Å². The van der Waals surface area contributed by atoms with Crippen LogP contribution in [0, 0.1) is 11.8 Å². The molecule has 2 rings (SSSR count). The highest BCUT2D eigenvalue weighted by atomic mass is 32.2. The van der Waals surface area contributed by atoms with E-state index >= 15 is 0 Å². The summed E-state index contributed by atoms with van der Waals surface area (Å²) in [5, 5.41) is 0. The average molecular weight is 404 g/mol. The highest BCUT2D eigenvalue weighted by Gasteiger charge is 2.37. The summed E-state index contributed by atoms with van der Waals surface area (Å²) in [5.41, 5.74) is 0.